The number of hydrogen-bond acceptors (Lipinski definition) is 5. The van der Waals surface area contributed by atoms with Crippen molar-refractivity contribution in [1.29, 1.82) is 0 Å². The van der Waals surface area contributed by atoms with E-state index in [9.17, 15) is 9.59 Å². The zero-order valence-electron chi connectivity index (χ0n) is 15.0. The topological polar surface area (TPSA) is 78.4 Å². The summed E-state index contributed by atoms with van der Waals surface area (Å²) >= 11 is 1.14. The van der Waals surface area contributed by atoms with Crippen LogP contribution in [0.1, 0.15) is 26.2 Å². The smallest absolute Gasteiger partial charge is 0.324 e. The van der Waals surface area contributed by atoms with Gasteiger partial charge in [0.2, 0.25) is 11.0 Å². The molecule has 2 heterocycles. The number of nitrogens with one attached hydrogen (secondary N) is 1. The number of carbonyl (C=O) groups excluding carboxylic acids is 2. The Hall–Kier alpha value is -2.48. The Labute approximate surface area is 157 Å². The lowest BCUT2D eigenvalue weighted by Gasteiger charge is -2.38. The molecule has 0 aliphatic carbocycles. The minimum absolute atomic E-state index is 0.00193. The third-order valence-corrected chi connectivity index (χ3v) is 5.11. The van der Waals surface area contributed by atoms with E-state index < -0.39 is 6.04 Å². The second kappa shape index (κ2) is 8.27. The molecule has 0 radical (unpaired) electrons. The Bertz CT molecular complexity index is 764. The van der Waals surface area contributed by atoms with Crippen molar-refractivity contribution < 1.29 is 9.59 Å². The molecule has 0 unspecified atom stereocenters. The van der Waals surface area contributed by atoms with Gasteiger partial charge in [-0.25, -0.2) is 4.79 Å². The fraction of sp³-hybridized carbons (Fsp3) is 0.444. The quantitative estimate of drug-likeness (QED) is 0.874. The minimum atomic E-state index is -0.407. The summed E-state index contributed by atoms with van der Waals surface area (Å²) in [5.41, 5.74) is 0.903. The summed E-state index contributed by atoms with van der Waals surface area (Å²) in [5.74, 6) is 0.588. The SMILES string of the molecule is CCCC[C@H]1C(=O)N(C)CCN1C(=O)Nc1nc(-c2ccccc2)ns1. The molecule has 1 fully saturated rings. The van der Waals surface area contributed by atoms with Gasteiger partial charge in [0.05, 0.1) is 0 Å². The van der Waals surface area contributed by atoms with Gasteiger partial charge < -0.3 is 9.80 Å². The van der Waals surface area contributed by atoms with E-state index >= 15 is 0 Å². The van der Waals surface area contributed by atoms with Crippen molar-refractivity contribution in [3.8, 4) is 11.4 Å². The maximum Gasteiger partial charge on any atom is 0.324 e. The van der Waals surface area contributed by atoms with Crippen LogP contribution in [0.5, 0.6) is 0 Å². The lowest BCUT2D eigenvalue weighted by atomic mass is 10.0. The molecule has 1 aromatic heterocycles. The van der Waals surface area contributed by atoms with Crippen LogP contribution in [-0.4, -0.2) is 57.3 Å². The second-order valence-corrected chi connectivity index (χ2v) is 7.08. The van der Waals surface area contributed by atoms with E-state index in [2.05, 4.69) is 21.6 Å². The summed E-state index contributed by atoms with van der Waals surface area (Å²) in [6.45, 7) is 3.14. The molecule has 1 atom stereocenters. The average molecular weight is 373 g/mol. The van der Waals surface area contributed by atoms with E-state index in [0.29, 0.717) is 30.5 Å². The number of likely N-dealkylation sites (N-methyl/N-ethyl adjacent to an activating group) is 1. The molecule has 8 heteroatoms. The molecule has 7 nitrogen and oxygen atoms in total. The number of urea groups is 1. The van der Waals surface area contributed by atoms with E-state index in [-0.39, 0.29) is 11.9 Å². The van der Waals surface area contributed by atoms with Crippen molar-refractivity contribution in [3.63, 3.8) is 0 Å². The molecule has 3 rings (SSSR count). The number of anilines is 1. The molecule has 0 spiro atoms. The second-order valence-electron chi connectivity index (χ2n) is 6.33. The van der Waals surface area contributed by atoms with E-state index in [1.807, 2.05) is 30.3 Å². The van der Waals surface area contributed by atoms with Crippen molar-refractivity contribution >= 4 is 28.6 Å². The van der Waals surface area contributed by atoms with E-state index in [4.69, 9.17) is 0 Å². The van der Waals surface area contributed by atoms with Crippen LogP contribution in [-0.2, 0) is 4.79 Å². The first-order chi connectivity index (χ1) is 12.6. The summed E-state index contributed by atoms with van der Waals surface area (Å²) < 4.78 is 4.30. The maximum absolute atomic E-state index is 12.7. The molecular formula is C18H23N5O2S. The van der Waals surface area contributed by atoms with Gasteiger partial charge in [0, 0.05) is 37.2 Å². The van der Waals surface area contributed by atoms with E-state index in [1.54, 1.807) is 16.8 Å². The normalized spacial score (nSPS) is 17.5. The third kappa shape index (κ3) is 4.01. The van der Waals surface area contributed by atoms with Gasteiger partial charge in [-0.1, -0.05) is 50.1 Å². The zero-order valence-corrected chi connectivity index (χ0v) is 15.8. The lowest BCUT2D eigenvalue weighted by molar-refractivity contribution is -0.138. The molecule has 1 aromatic carbocycles. The number of aromatic nitrogens is 2. The third-order valence-electron chi connectivity index (χ3n) is 4.48. The summed E-state index contributed by atoms with van der Waals surface area (Å²) in [7, 11) is 1.79. The summed E-state index contributed by atoms with van der Waals surface area (Å²) in [6.07, 6.45) is 2.57. The van der Waals surface area contributed by atoms with Crippen molar-refractivity contribution in [1.82, 2.24) is 19.2 Å². The Morgan fingerprint density at radius 2 is 2.08 bits per heavy atom. The van der Waals surface area contributed by atoms with E-state index in [0.717, 1.165) is 29.9 Å². The number of carbonyl (C=O) groups is 2. The van der Waals surface area contributed by atoms with Crippen LogP contribution in [0.4, 0.5) is 9.93 Å². The standard InChI is InChI=1S/C18H23N5O2S/c1-3-4-10-14-16(24)22(2)11-12-23(14)18(25)20-17-19-15(21-26-17)13-8-6-5-7-9-13/h5-9,14H,3-4,10-12H2,1-2H3,(H,19,20,21,25)/t14-/m0/s1. The summed E-state index contributed by atoms with van der Waals surface area (Å²) in [5, 5.41) is 3.24. The number of rotatable bonds is 5. The molecule has 1 saturated heterocycles. The summed E-state index contributed by atoms with van der Waals surface area (Å²) in [6, 6.07) is 8.92. The number of benzene rings is 1. The molecule has 1 N–H and O–H groups in total. The predicted molar refractivity (Wildman–Crippen MR) is 102 cm³/mol. The fourth-order valence-electron chi connectivity index (χ4n) is 2.97. The first-order valence-corrected chi connectivity index (χ1v) is 9.59. The number of unbranched alkanes of at least 4 members (excludes halogenated alkanes) is 1. The Kier molecular flexibility index (Phi) is 5.82. The molecule has 1 aliphatic heterocycles. The number of hydrogen-bond donors (Lipinski definition) is 1. The maximum atomic E-state index is 12.7. The first-order valence-electron chi connectivity index (χ1n) is 8.82. The number of piperazine rings is 1. The molecule has 2 aromatic rings. The van der Waals surface area contributed by atoms with Gasteiger partial charge in [0.15, 0.2) is 5.82 Å². The van der Waals surface area contributed by atoms with Crippen molar-refractivity contribution in [2.45, 2.75) is 32.2 Å². The molecule has 138 valence electrons. The molecule has 1 aliphatic rings. The van der Waals surface area contributed by atoms with Gasteiger partial charge in [0.25, 0.3) is 0 Å². The highest BCUT2D eigenvalue weighted by molar-refractivity contribution is 7.10. The lowest BCUT2D eigenvalue weighted by Crippen LogP contribution is -2.58. The van der Waals surface area contributed by atoms with Crippen LogP contribution in [0, 0.1) is 0 Å². The first kappa shape index (κ1) is 18.3. The highest BCUT2D eigenvalue weighted by atomic mass is 32.1. The Balaban J connectivity index is 1.70. The van der Waals surface area contributed by atoms with Gasteiger partial charge >= 0.3 is 6.03 Å². The molecule has 26 heavy (non-hydrogen) atoms. The van der Waals surface area contributed by atoms with Crippen LogP contribution in [0.2, 0.25) is 0 Å². The van der Waals surface area contributed by atoms with Gasteiger partial charge in [-0.15, -0.1) is 0 Å². The van der Waals surface area contributed by atoms with Crippen molar-refractivity contribution in [2.24, 2.45) is 0 Å². The molecule has 0 saturated carbocycles. The van der Waals surface area contributed by atoms with Gasteiger partial charge in [0.1, 0.15) is 6.04 Å². The highest BCUT2D eigenvalue weighted by Gasteiger charge is 2.35. The minimum Gasteiger partial charge on any atom is -0.342 e. The van der Waals surface area contributed by atoms with Crippen LogP contribution < -0.4 is 5.32 Å². The van der Waals surface area contributed by atoms with Crippen LogP contribution in [0.15, 0.2) is 30.3 Å². The molecule has 3 amide bonds. The van der Waals surface area contributed by atoms with Crippen LogP contribution in [0.3, 0.4) is 0 Å². The predicted octanol–water partition coefficient (Wildman–Crippen LogP) is 3.07. The zero-order chi connectivity index (χ0) is 18.5. The molecule has 0 bridgehead atoms. The largest absolute Gasteiger partial charge is 0.342 e. The van der Waals surface area contributed by atoms with Crippen molar-refractivity contribution in [3.05, 3.63) is 30.3 Å². The van der Waals surface area contributed by atoms with Crippen molar-refractivity contribution in [2.75, 3.05) is 25.5 Å². The Morgan fingerprint density at radius 3 is 2.81 bits per heavy atom. The van der Waals surface area contributed by atoms with Gasteiger partial charge in [-0.3, -0.25) is 10.1 Å². The van der Waals surface area contributed by atoms with Gasteiger partial charge in [-0.2, -0.15) is 9.36 Å². The van der Waals surface area contributed by atoms with E-state index in [1.165, 1.54) is 0 Å². The monoisotopic (exact) mass is 373 g/mol. The highest BCUT2D eigenvalue weighted by Crippen LogP contribution is 2.22. The number of amides is 3. The fourth-order valence-corrected chi connectivity index (χ4v) is 3.55. The van der Waals surface area contributed by atoms with Crippen LogP contribution >= 0.6 is 11.5 Å². The summed E-state index contributed by atoms with van der Waals surface area (Å²) in [4.78, 5) is 32.9. The van der Waals surface area contributed by atoms with Crippen LogP contribution in [0.25, 0.3) is 11.4 Å². The Morgan fingerprint density at radius 1 is 1.31 bits per heavy atom. The average Bonchev–Trinajstić information content (AvgIpc) is 3.12. The van der Waals surface area contributed by atoms with Gasteiger partial charge in [-0.05, 0) is 6.42 Å². The molecular weight excluding hydrogens is 350 g/mol. The number of nitrogens with zero attached hydrogens (tertiary/aromatic N) is 4.